The highest BCUT2D eigenvalue weighted by molar-refractivity contribution is 7.99. The Balaban J connectivity index is 1.60. The van der Waals surface area contributed by atoms with Crippen LogP contribution < -0.4 is 0 Å². The van der Waals surface area contributed by atoms with Crippen molar-refractivity contribution in [2.24, 2.45) is 0 Å². The Labute approximate surface area is 127 Å². The van der Waals surface area contributed by atoms with E-state index in [1.165, 1.54) is 10.5 Å². The normalized spacial score (nSPS) is 15.8. The van der Waals surface area contributed by atoms with E-state index < -0.39 is 0 Å². The zero-order chi connectivity index (χ0) is 14.1. The third-order valence-corrected chi connectivity index (χ3v) is 4.88. The van der Waals surface area contributed by atoms with E-state index in [2.05, 4.69) is 45.5 Å². The topological polar surface area (TPSA) is 34.0 Å². The maximum absolute atomic E-state index is 4.29. The smallest absolute Gasteiger partial charge is 0.113 e. The van der Waals surface area contributed by atoms with Crippen molar-refractivity contribution >= 4 is 22.8 Å². The van der Waals surface area contributed by atoms with Crippen molar-refractivity contribution in [3.8, 4) is 0 Å². The minimum atomic E-state index is 0.787. The van der Waals surface area contributed by atoms with Crippen LogP contribution in [-0.4, -0.2) is 32.2 Å². The van der Waals surface area contributed by atoms with Crippen LogP contribution in [0.25, 0.3) is 11.0 Å². The molecule has 5 heteroatoms. The van der Waals surface area contributed by atoms with Gasteiger partial charge < -0.3 is 0 Å². The average Bonchev–Trinajstić information content (AvgIpc) is 2.80. The van der Waals surface area contributed by atoms with E-state index in [1.54, 1.807) is 0 Å². The number of thioether (sulfide) groups is 1. The van der Waals surface area contributed by atoms with Crippen LogP contribution in [0.3, 0.4) is 0 Å². The molecular formula is C16H16N4S. The van der Waals surface area contributed by atoms with Crippen molar-refractivity contribution in [2.75, 3.05) is 12.3 Å². The first kappa shape index (κ1) is 12.9. The van der Waals surface area contributed by atoms with Crippen LogP contribution >= 0.6 is 11.8 Å². The molecule has 0 unspecified atom stereocenters. The number of hydrogen-bond acceptors (Lipinski definition) is 4. The third-order valence-electron chi connectivity index (χ3n) is 3.79. The lowest BCUT2D eigenvalue weighted by Gasteiger charge is -2.19. The van der Waals surface area contributed by atoms with Gasteiger partial charge in [0.1, 0.15) is 5.52 Å². The maximum Gasteiger partial charge on any atom is 0.113 e. The molecule has 0 saturated heterocycles. The van der Waals surface area contributed by atoms with Gasteiger partial charge in [0, 0.05) is 23.7 Å². The summed E-state index contributed by atoms with van der Waals surface area (Å²) >= 11 is 1.94. The van der Waals surface area contributed by atoms with Crippen LogP contribution in [0.1, 0.15) is 5.56 Å². The number of benzene rings is 2. The van der Waals surface area contributed by atoms with Crippen LogP contribution in [0, 0.1) is 0 Å². The van der Waals surface area contributed by atoms with Crippen LogP contribution in [0.2, 0.25) is 0 Å². The number of rotatable bonds is 2. The molecule has 0 amide bonds. The van der Waals surface area contributed by atoms with Crippen LogP contribution in [0.4, 0.5) is 0 Å². The SMILES string of the molecule is c1ccc2c(c1)CN(Cn1nnc3ccccc31)CCS2. The van der Waals surface area contributed by atoms with Crippen molar-refractivity contribution < 1.29 is 0 Å². The minimum absolute atomic E-state index is 0.787. The predicted molar refractivity (Wildman–Crippen MR) is 85.1 cm³/mol. The quantitative estimate of drug-likeness (QED) is 0.728. The van der Waals surface area contributed by atoms with Gasteiger partial charge in [-0.15, -0.1) is 16.9 Å². The molecule has 0 atom stereocenters. The second kappa shape index (κ2) is 5.50. The highest BCUT2D eigenvalue weighted by Crippen LogP contribution is 2.27. The fourth-order valence-electron chi connectivity index (χ4n) is 2.71. The first-order valence-electron chi connectivity index (χ1n) is 7.11. The minimum Gasteiger partial charge on any atom is -0.279 e. The number of hydrogen-bond donors (Lipinski definition) is 0. The van der Waals surface area contributed by atoms with Gasteiger partial charge >= 0.3 is 0 Å². The monoisotopic (exact) mass is 296 g/mol. The molecule has 21 heavy (non-hydrogen) atoms. The molecule has 1 aromatic heterocycles. The summed E-state index contributed by atoms with van der Waals surface area (Å²) in [5.41, 5.74) is 3.47. The Morgan fingerprint density at radius 3 is 2.90 bits per heavy atom. The first-order chi connectivity index (χ1) is 10.4. The highest BCUT2D eigenvalue weighted by Gasteiger charge is 2.15. The maximum atomic E-state index is 4.29. The van der Waals surface area contributed by atoms with E-state index >= 15 is 0 Å². The van der Waals surface area contributed by atoms with Crippen molar-refractivity contribution in [2.45, 2.75) is 18.1 Å². The molecule has 0 aliphatic carbocycles. The Morgan fingerprint density at radius 2 is 1.90 bits per heavy atom. The van der Waals surface area contributed by atoms with Gasteiger partial charge in [0.05, 0.1) is 12.2 Å². The predicted octanol–water partition coefficient (Wildman–Crippen LogP) is 3.00. The summed E-state index contributed by atoms with van der Waals surface area (Å²) < 4.78 is 1.99. The number of para-hydroxylation sites is 1. The highest BCUT2D eigenvalue weighted by atomic mass is 32.2. The van der Waals surface area contributed by atoms with Crippen molar-refractivity contribution in [3.63, 3.8) is 0 Å². The van der Waals surface area contributed by atoms with Crippen molar-refractivity contribution in [1.82, 2.24) is 19.9 Å². The Kier molecular flexibility index (Phi) is 3.37. The van der Waals surface area contributed by atoms with E-state index in [9.17, 15) is 0 Å². The Morgan fingerprint density at radius 1 is 1.05 bits per heavy atom. The molecule has 2 aromatic carbocycles. The molecule has 0 bridgehead atoms. The zero-order valence-electron chi connectivity index (χ0n) is 11.6. The molecular weight excluding hydrogens is 280 g/mol. The van der Waals surface area contributed by atoms with E-state index in [4.69, 9.17) is 0 Å². The number of aromatic nitrogens is 3. The molecule has 2 heterocycles. The summed E-state index contributed by atoms with van der Waals surface area (Å²) in [6.45, 7) is 2.82. The zero-order valence-corrected chi connectivity index (χ0v) is 12.5. The van der Waals surface area contributed by atoms with Gasteiger partial charge in [0.15, 0.2) is 0 Å². The molecule has 4 nitrogen and oxygen atoms in total. The molecule has 4 rings (SSSR count). The summed E-state index contributed by atoms with van der Waals surface area (Å²) in [6.07, 6.45) is 0. The summed E-state index contributed by atoms with van der Waals surface area (Å²) in [6, 6.07) is 16.8. The summed E-state index contributed by atoms with van der Waals surface area (Å²) in [5.74, 6) is 1.11. The van der Waals surface area contributed by atoms with E-state index in [-0.39, 0.29) is 0 Å². The molecule has 1 aliphatic rings. The molecule has 0 spiro atoms. The van der Waals surface area contributed by atoms with Crippen LogP contribution in [-0.2, 0) is 13.2 Å². The molecule has 0 radical (unpaired) electrons. The largest absolute Gasteiger partial charge is 0.279 e. The standard InChI is InChI=1S/C16H16N4S/c1-4-8-16-13(5-1)11-19(9-10-21-16)12-20-15-7-3-2-6-14(15)17-18-20/h1-8H,9-12H2. The Bertz CT molecular complexity index is 768. The second-order valence-corrected chi connectivity index (χ2v) is 6.36. The van der Waals surface area contributed by atoms with Gasteiger partial charge in [-0.3, -0.25) is 4.90 Å². The van der Waals surface area contributed by atoms with Crippen molar-refractivity contribution in [1.29, 1.82) is 0 Å². The number of nitrogens with zero attached hydrogens (tertiary/aromatic N) is 4. The van der Waals surface area contributed by atoms with Gasteiger partial charge in [-0.2, -0.15) is 0 Å². The van der Waals surface area contributed by atoms with Gasteiger partial charge in [-0.1, -0.05) is 35.5 Å². The van der Waals surface area contributed by atoms with E-state index in [0.29, 0.717) is 0 Å². The summed E-state index contributed by atoms with van der Waals surface area (Å²) in [5, 5.41) is 8.53. The van der Waals surface area contributed by atoms with Gasteiger partial charge in [0.25, 0.3) is 0 Å². The molecule has 0 N–H and O–H groups in total. The molecule has 106 valence electrons. The lowest BCUT2D eigenvalue weighted by molar-refractivity contribution is 0.213. The van der Waals surface area contributed by atoms with Gasteiger partial charge in [0.2, 0.25) is 0 Å². The van der Waals surface area contributed by atoms with Gasteiger partial charge in [-0.25, -0.2) is 4.68 Å². The average molecular weight is 296 g/mol. The van der Waals surface area contributed by atoms with E-state index in [0.717, 1.165) is 36.5 Å². The Hall–Kier alpha value is -1.85. The lowest BCUT2D eigenvalue weighted by Crippen LogP contribution is -2.27. The van der Waals surface area contributed by atoms with Crippen LogP contribution in [0.5, 0.6) is 0 Å². The summed E-state index contributed by atoms with van der Waals surface area (Å²) in [4.78, 5) is 3.84. The molecule has 0 fully saturated rings. The van der Waals surface area contributed by atoms with E-state index in [1.807, 2.05) is 34.6 Å². The second-order valence-electron chi connectivity index (χ2n) is 5.23. The lowest BCUT2D eigenvalue weighted by atomic mass is 10.2. The van der Waals surface area contributed by atoms with Crippen molar-refractivity contribution in [3.05, 3.63) is 54.1 Å². The first-order valence-corrected chi connectivity index (χ1v) is 8.10. The number of fused-ring (bicyclic) bond motifs is 2. The third kappa shape index (κ3) is 2.54. The van der Waals surface area contributed by atoms with Crippen LogP contribution in [0.15, 0.2) is 53.4 Å². The summed E-state index contributed by atoms with van der Waals surface area (Å²) in [7, 11) is 0. The molecule has 0 saturated carbocycles. The molecule has 1 aliphatic heterocycles. The fourth-order valence-corrected chi connectivity index (χ4v) is 3.77. The fraction of sp³-hybridized carbons (Fsp3) is 0.250. The van der Waals surface area contributed by atoms with Gasteiger partial charge in [-0.05, 0) is 23.8 Å². The molecule has 3 aromatic rings.